The summed E-state index contributed by atoms with van der Waals surface area (Å²) < 4.78 is 0. The Balaban J connectivity index is 0.000000117. The summed E-state index contributed by atoms with van der Waals surface area (Å²) in [5.41, 5.74) is 0.910. The molecule has 0 bridgehead atoms. The number of Topliss-reactive ketones (excluding diaryl/α,β-unsaturated/α-hetero) is 1. The van der Waals surface area contributed by atoms with E-state index in [-0.39, 0.29) is 5.78 Å². The summed E-state index contributed by atoms with van der Waals surface area (Å²) in [4.78, 5) is 12.6. The van der Waals surface area contributed by atoms with Crippen molar-refractivity contribution in [2.24, 2.45) is 0 Å². The zero-order chi connectivity index (χ0) is 27.1. The Bertz CT molecular complexity index is 2400. The van der Waals surface area contributed by atoms with Crippen LogP contribution in [0, 0.1) is 0 Å². The van der Waals surface area contributed by atoms with Gasteiger partial charge in [0, 0.05) is 17.4 Å². The second kappa shape index (κ2) is 8.36. The van der Waals surface area contributed by atoms with Crippen molar-refractivity contribution in [3.8, 4) is 0 Å². The predicted octanol–water partition coefficient (Wildman–Crippen LogP) is 9.97. The molecule has 0 atom stereocenters. The largest absolute Gasteiger partial charge is 0.294 e. The van der Waals surface area contributed by atoms with Crippen molar-refractivity contribution >= 4 is 87.3 Å². The molecule has 0 saturated heterocycles. The van der Waals surface area contributed by atoms with Crippen molar-refractivity contribution in [3.63, 3.8) is 0 Å². The molecule has 9 aromatic carbocycles. The number of rotatable bonds is 0. The number of carbonyl (C=O) groups is 1. The lowest BCUT2D eigenvalue weighted by atomic mass is 9.85. The molecule has 1 heteroatoms. The van der Waals surface area contributed by atoms with Crippen LogP contribution in [0.15, 0.2) is 127 Å². The van der Waals surface area contributed by atoms with Crippen LogP contribution in [0.25, 0.3) is 81.5 Å². The van der Waals surface area contributed by atoms with Gasteiger partial charge in [-0.05, 0) is 75.2 Å². The SMILES string of the molecule is O=C1CC=c2cccc3c2c1c1cccc2cccc3c21.c1cc2cccc3c4cccc5cccc(c(c1)c23)c54. The molecule has 0 heterocycles. The van der Waals surface area contributed by atoms with Gasteiger partial charge in [-0.1, -0.05) is 133 Å². The second-order valence-corrected chi connectivity index (χ2v) is 11.1. The Labute approximate surface area is 236 Å². The zero-order valence-electron chi connectivity index (χ0n) is 22.3. The summed E-state index contributed by atoms with van der Waals surface area (Å²) in [7, 11) is 0. The fourth-order valence-electron chi connectivity index (χ4n) is 7.33. The topological polar surface area (TPSA) is 17.1 Å². The molecule has 0 fully saturated rings. The van der Waals surface area contributed by atoms with E-state index in [0.717, 1.165) is 16.3 Å². The maximum Gasteiger partial charge on any atom is 0.167 e. The molecule has 0 aromatic heterocycles. The molecule has 1 nitrogen and oxygen atoms in total. The summed E-state index contributed by atoms with van der Waals surface area (Å²) in [5.74, 6) is 0.233. The Morgan fingerprint density at radius 3 is 1.15 bits per heavy atom. The van der Waals surface area contributed by atoms with Gasteiger partial charge in [0.15, 0.2) is 5.78 Å². The summed E-state index contributed by atoms with van der Waals surface area (Å²) in [6, 6.07) is 45.4. The van der Waals surface area contributed by atoms with Crippen LogP contribution in [0.2, 0.25) is 0 Å². The Kier molecular flexibility index (Phi) is 4.60. The van der Waals surface area contributed by atoms with E-state index in [2.05, 4.69) is 127 Å². The molecule has 0 aliphatic heterocycles. The van der Waals surface area contributed by atoms with Crippen LogP contribution < -0.4 is 5.22 Å². The first-order chi connectivity index (χ1) is 20.3. The van der Waals surface area contributed by atoms with Gasteiger partial charge in [0.05, 0.1) is 0 Å². The van der Waals surface area contributed by atoms with E-state index in [1.807, 2.05) is 6.07 Å². The van der Waals surface area contributed by atoms with Crippen LogP contribution in [0.4, 0.5) is 0 Å². The smallest absolute Gasteiger partial charge is 0.167 e. The van der Waals surface area contributed by atoms with Crippen LogP contribution in [-0.2, 0) is 0 Å². The number of hydrogen-bond donors (Lipinski definition) is 0. The van der Waals surface area contributed by atoms with Gasteiger partial charge in [0.25, 0.3) is 0 Å². The van der Waals surface area contributed by atoms with Gasteiger partial charge in [-0.2, -0.15) is 0 Å². The molecule has 10 rings (SSSR count). The third-order valence-corrected chi connectivity index (χ3v) is 8.99. The fourth-order valence-corrected chi connectivity index (χ4v) is 7.33. The summed E-state index contributed by atoms with van der Waals surface area (Å²) in [6.45, 7) is 0. The molecule has 1 aliphatic rings. The zero-order valence-corrected chi connectivity index (χ0v) is 22.3. The molecule has 190 valence electrons. The highest BCUT2D eigenvalue weighted by Crippen LogP contribution is 2.40. The Morgan fingerprint density at radius 1 is 0.366 bits per heavy atom. The molecular formula is C40H24O. The van der Waals surface area contributed by atoms with Crippen molar-refractivity contribution in [1.82, 2.24) is 0 Å². The molecule has 0 amide bonds. The van der Waals surface area contributed by atoms with Crippen LogP contribution in [0.1, 0.15) is 16.8 Å². The molecule has 0 radical (unpaired) electrons. The lowest BCUT2D eigenvalue weighted by molar-refractivity contribution is 0.100. The van der Waals surface area contributed by atoms with Gasteiger partial charge in [-0.25, -0.2) is 0 Å². The first-order valence-corrected chi connectivity index (χ1v) is 14.2. The summed E-state index contributed by atoms with van der Waals surface area (Å²) in [5, 5.41) is 19.2. The third kappa shape index (κ3) is 3.09. The Hall–Kier alpha value is -5.27. The second-order valence-electron chi connectivity index (χ2n) is 11.1. The van der Waals surface area contributed by atoms with E-state index < -0.39 is 0 Å². The lowest BCUT2D eigenvalue weighted by Gasteiger charge is -2.17. The minimum Gasteiger partial charge on any atom is -0.294 e. The number of ketones is 1. The first-order valence-electron chi connectivity index (χ1n) is 14.2. The molecule has 0 spiro atoms. The highest BCUT2D eigenvalue weighted by atomic mass is 16.1. The van der Waals surface area contributed by atoms with Gasteiger partial charge >= 0.3 is 0 Å². The highest BCUT2D eigenvalue weighted by Gasteiger charge is 2.20. The molecular weight excluding hydrogens is 496 g/mol. The van der Waals surface area contributed by atoms with E-state index >= 15 is 0 Å². The van der Waals surface area contributed by atoms with Crippen LogP contribution in [0.5, 0.6) is 0 Å². The van der Waals surface area contributed by atoms with Crippen LogP contribution in [0.3, 0.4) is 0 Å². The van der Waals surface area contributed by atoms with Crippen LogP contribution in [-0.4, -0.2) is 5.78 Å². The summed E-state index contributed by atoms with van der Waals surface area (Å²) in [6.07, 6.45) is 2.56. The number of fused-ring (bicyclic) bond motifs is 4. The average Bonchev–Trinajstić information content (AvgIpc) is 3.03. The first kappa shape index (κ1) is 22.5. The Morgan fingerprint density at radius 2 is 0.707 bits per heavy atom. The van der Waals surface area contributed by atoms with E-state index in [1.54, 1.807) is 0 Å². The highest BCUT2D eigenvalue weighted by molar-refractivity contribution is 6.33. The van der Waals surface area contributed by atoms with Gasteiger partial charge < -0.3 is 0 Å². The van der Waals surface area contributed by atoms with Gasteiger partial charge in [0.2, 0.25) is 0 Å². The normalized spacial score (nSPS) is 13.0. The van der Waals surface area contributed by atoms with Crippen molar-refractivity contribution < 1.29 is 4.79 Å². The molecule has 9 aromatic rings. The summed E-state index contributed by atoms with van der Waals surface area (Å²) >= 11 is 0. The molecule has 0 unspecified atom stereocenters. The standard InChI is InChI=1S/C20H12O.C20H12/c21-17-11-10-13-6-2-8-15-14-7-1-4-12-5-3-9-16(18(12)14)20(17)19(13)15;1-5-13-6-2-11-17-18-12-4-8-14-7-3-10-16(20(14)18)15(9-1)19(13)17/h1-10H,11H2;1-12H. The van der Waals surface area contributed by atoms with E-state index in [1.165, 1.54) is 69.9 Å². The predicted molar refractivity (Wildman–Crippen MR) is 175 cm³/mol. The van der Waals surface area contributed by atoms with E-state index in [4.69, 9.17) is 0 Å². The average molecular weight is 521 g/mol. The molecule has 41 heavy (non-hydrogen) atoms. The number of carbonyl (C=O) groups excluding carboxylic acids is 1. The minimum absolute atomic E-state index is 0.233. The van der Waals surface area contributed by atoms with Crippen LogP contribution >= 0.6 is 0 Å². The van der Waals surface area contributed by atoms with Gasteiger partial charge in [-0.3, -0.25) is 4.79 Å². The lowest BCUT2D eigenvalue weighted by Crippen LogP contribution is -2.15. The molecule has 1 aliphatic carbocycles. The molecule has 0 N–H and O–H groups in total. The van der Waals surface area contributed by atoms with E-state index in [9.17, 15) is 4.79 Å². The van der Waals surface area contributed by atoms with Crippen molar-refractivity contribution in [3.05, 3.63) is 138 Å². The third-order valence-electron chi connectivity index (χ3n) is 8.99. The van der Waals surface area contributed by atoms with Crippen molar-refractivity contribution in [1.29, 1.82) is 0 Å². The van der Waals surface area contributed by atoms with Crippen molar-refractivity contribution in [2.75, 3.05) is 0 Å². The number of benzene rings is 9. The van der Waals surface area contributed by atoms with Gasteiger partial charge in [0.1, 0.15) is 0 Å². The quantitative estimate of drug-likeness (QED) is 0.144. The molecule has 0 saturated carbocycles. The van der Waals surface area contributed by atoms with E-state index in [0.29, 0.717) is 6.42 Å². The van der Waals surface area contributed by atoms with Crippen molar-refractivity contribution in [2.45, 2.75) is 6.42 Å². The van der Waals surface area contributed by atoms with Gasteiger partial charge in [-0.15, -0.1) is 0 Å². The fraction of sp³-hybridized carbons (Fsp3) is 0.0250. The number of hydrogen-bond acceptors (Lipinski definition) is 1. The minimum atomic E-state index is 0.233. The maximum absolute atomic E-state index is 12.6. The maximum atomic E-state index is 12.6. The monoisotopic (exact) mass is 520 g/mol.